The second kappa shape index (κ2) is 7.24. The second-order valence-electron chi connectivity index (χ2n) is 3.98. The summed E-state index contributed by atoms with van der Waals surface area (Å²) in [5.74, 6) is 0.467. The van der Waals surface area contributed by atoms with E-state index in [4.69, 9.17) is 0 Å². The van der Waals surface area contributed by atoms with Crippen molar-refractivity contribution in [2.75, 3.05) is 18.6 Å². The van der Waals surface area contributed by atoms with Crippen LogP contribution in [0, 0.1) is 5.82 Å². The van der Waals surface area contributed by atoms with E-state index in [2.05, 4.69) is 21.2 Å². The molecule has 0 heterocycles. The van der Waals surface area contributed by atoms with E-state index in [9.17, 15) is 8.60 Å². The maximum atomic E-state index is 13.1. The summed E-state index contributed by atoms with van der Waals surface area (Å²) in [6.07, 6.45) is 2.59. The molecule has 0 aromatic heterocycles. The Morgan fingerprint density at radius 3 is 2.82 bits per heavy atom. The Kier molecular flexibility index (Phi) is 6.30. The number of hydrogen-bond acceptors (Lipinski definition) is 2. The van der Waals surface area contributed by atoms with Gasteiger partial charge in [-0.25, -0.2) is 4.39 Å². The van der Waals surface area contributed by atoms with Gasteiger partial charge in [-0.15, -0.1) is 0 Å². The van der Waals surface area contributed by atoms with Gasteiger partial charge < -0.3 is 5.32 Å². The molecule has 2 atom stereocenters. The highest BCUT2D eigenvalue weighted by Gasteiger charge is 2.07. The van der Waals surface area contributed by atoms with Crippen molar-refractivity contribution in [3.63, 3.8) is 0 Å². The first-order valence-corrected chi connectivity index (χ1v) is 8.01. The number of halogens is 2. The molecule has 5 heteroatoms. The summed E-state index contributed by atoms with van der Waals surface area (Å²) >= 11 is 3.17. The Hall–Kier alpha value is -0.260. The van der Waals surface area contributed by atoms with Gasteiger partial charge in [-0.3, -0.25) is 4.21 Å². The maximum Gasteiger partial charge on any atom is 0.137 e. The van der Waals surface area contributed by atoms with E-state index in [0.717, 1.165) is 18.5 Å². The van der Waals surface area contributed by atoms with Crippen molar-refractivity contribution < 1.29 is 8.60 Å². The lowest BCUT2D eigenvalue weighted by Gasteiger charge is -2.14. The lowest BCUT2D eigenvalue weighted by molar-refractivity contribution is 0.566. The molecule has 0 aliphatic carbocycles. The fraction of sp³-hybridized carbons (Fsp3) is 0.500. The molecule has 0 fully saturated rings. The average molecular weight is 322 g/mol. The van der Waals surface area contributed by atoms with Crippen molar-refractivity contribution in [1.82, 2.24) is 5.32 Å². The van der Waals surface area contributed by atoms with Gasteiger partial charge in [0.25, 0.3) is 0 Å². The van der Waals surface area contributed by atoms with Crippen molar-refractivity contribution in [3.05, 3.63) is 34.1 Å². The molecule has 0 amide bonds. The van der Waals surface area contributed by atoms with Crippen LogP contribution in [0.1, 0.15) is 24.9 Å². The van der Waals surface area contributed by atoms with Gasteiger partial charge in [-0.2, -0.15) is 0 Å². The first kappa shape index (κ1) is 14.8. The molecule has 96 valence electrons. The van der Waals surface area contributed by atoms with Gasteiger partial charge >= 0.3 is 0 Å². The van der Waals surface area contributed by atoms with Gasteiger partial charge in [-0.05, 0) is 53.5 Å². The zero-order valence-electron chi connectivity index (χ0n) is 10.0. The molecule has 2 unspecified atom stereocenters. The summed E-state index contributed by atoms with van der Waals surface area (Å²) < 4.78 is 24.4. The molecular weight excluding hydrogens is 305 g/mol. The molecule has 0 saturated heterocycles. The van der Waals surface area contributed by atoms with E-state index >= 15 is 0 Å². The van der Waals surface area contributed by atoms with Gasteiger partial charge in [0.2, 0.25) is 0 Å². The van der Waals surface area contributed by atoms with Crippen molar-refractivity contribution in [3.8, 4) is 0 Å². The summed E-state index contributed by atoms with van der Waals surface area (Å²) in [5.41, 5.74) is 1.04. The van der Waals surface area contributed by atoms with Crippen LogP contribution in [-0.2, 0) is 10.8 Å². The zero-order valence-corrected chi connectivity index (χ0v) is 12.4. The third kappa shape index (κ3) is 5.27. The molecule has 0 saturated carbocycles. The molecule has 0 radical (unpaired) electrons. The van der Waals surface area contributed by atoms with Crippen LogP contribution in [0.5, 0.6) is 0 Å². The van der Waals surface area contributed by atoms with Gasteiger partial charge in [0, 0.05) is 28.9 Å². The molecule has 1 rings (SSSR count). The normalized spacial score (nSPS) is 14.6. The van der Waals surface area contributed by atoms with Crippen LogP contribution in [0.3, 0.4) is 0 Å². The van der Waals surface area contributed by atoms with E-state index in [1.54, 1.807) is 18.4 Å². The van der Waals surface area contributed by atoms with Crippen LogP contribution in [0.2, 0.25) is 0 Å². The minimum atomic E-state index is -0.729. The van der Waals surface area contributed by atoms with Crippen LogP contribution in [-0.4, -0.2) is 22.8 Å². The summed E-state index contributed by atoms with van der Waals surface area (Å²) in [6, 6.07) is 5.18. The van der Waals surface area contributed by atoms with Crippen molar-refractivity contribution >= 4 is 26.7 Å². The third-order valence-electron chi connectivity index (χ3n) is 2.50. The number of benzene rings is 1. The van der Waals surface area contributed by atoms with Crippen LogP contribution in [0.4, 0.5) is 4.39 Å². The number of nitrogens with one attached hydrogen (secondary N) is 1. The Bertz CT molecular complexity index is 400. The minimum Gasteiger partial charge on any atom is -0.310 e. The van der Waals surface area contributed by atoms with Gasteiger partial charge in [0.1, 0.15) is 5.82 Å². The summed E-state index contributed by atoms with van der Waals surface area (Å²) in [7, 11) is -0.729. The average Bonchev–Trinajstić information content (AvgIpc) is 2.27. The quantitative estimate of drug-likeness (QED) is 0.816. The molecule has 0 spiro atoms. The molecule has 0 aliphatic rings. The molecule has 2 nitrogen and oxygen atoms in total. The Morgan fingerprint density at radius 2 is 2.24 bits per heavy atom. The topological polar surface area (TPSA) is 29.1 Å². The van der Waals surface area contributed by atoms with E-state index in [-0.39, 0.29) is 11.9 Å². The fourth-order valence-electron chi connectivity index (χ4n) is 1.49. The minimum absolute atomic E-state index is 0.164. The highest BCUT2D eigenvalue weighted by atomic mass is 79.9. The lowest BCUT2D eigenvalue weighted by atomic mass is 10.1. The molecule has 1 aromatic carbocycles. The Balaban J connectivity index is 2.44. The van der Waals surface area contributed by atoms with Crippen molar-refractivity contribution in [2.24, 2.45) is 0 Å². The highest BCUT2D eigenvalue weighted by molar-refractivity contribution is 9.10. The summed E-state index contributed by atoms with van der Waals surface area (Å²) in [5, 5.41) is 3.32. The van der Waals surface area contributed by atoms with Crippen LogP contribution in [0.25, 0.3) is 0 Å². The van der Waals surface area contributed by atoms with Crippen molar-refractivity contribution in [2.45, 2.75) is 19.4 Å². The van der Waals surface area contributed by atoms with Gasteiger partial charge in [-0.1, -0.05) is 6.07 Å². The van der Waals surface area contributed by atoms with Crippen LogP contribution >= 0.6 is 15.9 Å². The molecular formula is C12H17BrFNOS. The van der Waals surface area contributed by atoms with Crippen molar-refractivity contribution in [1.29, 1.82) is 0 Å². The van der Waals surface area contributed by atoms with Gasteiger partial charge in [0.05, 0.1) is 4.47 Å². The Morgan fingerprint density at radius 1 is 1.53 bits per heavy atom. The van der Waals surface area contributed by atoms with E-state index in [1.807, 2.05) is 6.92 Å². The molecule has 0 aliphatic heterocycles. The van der Waals surface area contributed by atoms with E-state index in [1.165, 1.54) is 6.07 Å². The van der Waals surface area contributed by atoms with Crippen LogP contribution < -0.4 is 5.32 Å². The summed E-state index contributed by atoms with van der Waals surface area (Å²) in [4.78, 5) is 0. The fourth-order valence-corrected chi connectivity index (χ4v) is 2.44. The largest absolute Gasteiger partial charge is 0.310 e. The maximum absolute atomic E-state index is 13.1. The second-order valence-corrected chi connectivity index (χ2v) is 6.39. The lowest BCUT2D eigenvalue weighted by Crippen LogP contribution is -2.21. The number of rotatable bonds is 6. The molecule has 1 N–H and O–H groups in total. The van der Waals surface area contributed by atoms with Gasteiger partial charge in [0.15, 0.2) is 0 Å². The molecule has 1 aromatic rings. The monoisotopic (exact) mass is 321 g/mol. The highest BCUT2D eigenvalue weighted by Crippen LogP contribution is 2.21. The Labute approximate surface area is 113 Å². The predicted molar refractivity (Wildman–Crippen MR) is 74.1 cm³/mol. The third-order valence-corrected chi connectivity index (χ3v) is 3.97. The molecule has 0 bridgehead atoms. The number of hydrogen-bond donors (Lipinski definition) is 1. The zero-order chi connectivity index (χ0) is 12.8. The van der Waals surface area contributed by atoms with E-state index < -0.39 is 10.8 Å². The first-order chi connectivity index (χ1) is 8.00. The van der Waals surface area contributed by atoms with E-state index in [0.29, 0.717) is 10.2 Å². The molecule has 17 heavy (non-hydrogen) atoms. The predicted octanol–water partition coefficient (Wildman–Crippen LogP) is 3.01. The first-order valence-electron chi connectivity index (χ1n) is 5.49. The summed E-state index contributed by atoms with van der Waals surface area (Å²) in [6.45, 7) is 2.85. The standard InChI is InChI=1S/C12H17BrFNOS/c1-9(15-6-3-7-17(2)16)10-4-5-12(14)11(13)8-10/h4-5,8-9,15H,3,6-7H2,1-2H3. The SMILES string of the molecule is CC(NCCCS(C)=O)c1ccc(F)c(Br)c1. The smallest absolute Gasteiger partial charge is 0.137 e. The van der Waals surface area contributed by atoms with Crippen LogP contribution in [0.15, 0.2) is 22.7 Å².